The molecule has 1 N–H and O–H groups in total. The number of carboxylic acid groups (broad SMARTS) is 1. The molecule has 114 valence electrons. The van der Waals surface area contributed by atoms with Gasteiger partial charge in [-0.25, -0.2) is 0 Å². The molecule has 9 heteroatoms. The molecule has 0 aliphatic carbocycles. The molecule has 1 aliphatic heterocycles. The lowest BCUT2D eigenvalue weighted by molar-refractivity contribution is -0.384. The third-order valence-corrected chi connectivity index (χ3v) is 3.38. The smallest absolute Gasteiger partial charge is 0.416 e. The highest BCUT2D eigenvalue weighted by Crippen LogP contribution is 2.38. The molecule has 6 nitrogen and oxygen atoms in total. The molecule has 0 bridgehead atoms. The van der Waals surface area contributed by atoms with E-state index in [4.69, 9.17) is 5.11 Å². The average molecular weight is 304 g/mol. The molecule has 1 aromatic rings. The monoisotopic (exact) mass is 304 g/mol. The van der Waals surface area contributed by atoms with Crippen molar-refractivity contribution in [3.05, 3.63) is 33.9 Å². The van der Waals surface area contributed by atoms with Gasteiger partial charge in [0.1, 0.15) is 5.69 Å². The Labute approximate surface area is 116 Å². The first-order chi connectivity index (χ1) is 9.70. The minimum Gasteiger partial charge on any atom is -0.481 e. The van der Waals surface area contributed by atoms with Crippen LogP contribution in [0.5, 0.6) is 0 Å². The molecular formula is C12H11F3N2O4. The Bertz CT molecular complexity index is 588. The second-order valence-electron chi connectivity index (χ2n) is 4.73. The number of hydrogen-bond acceptors (Lipinski definition) is 4. The molecule has 0 aromatic heterocycles. The van der Waals surface area contributed by atoms with Crippen LogP contribution in [-0.2, 0) is 11.0 Å². The van der Waals surface area contributed by atoms with E-state index in [0.29, 0.717) is 12.5 Å². The molecule has 21 heavy (non-hydrogen) atoms. The molecule has 0 amide bonds. The fourth-order valence-corrected chi connectivity index (χ4v) is 2.29. The summed E-state index contributed by atoms with van der Waals surface area (Å²) in [4.78, 5) is 22.4. The Morgan fingerprint density at radius 2 is 2.10 bits per heavy atom. The largest absolute Gasteiger partial charge is 0.481 e. The number of halogens is 3. The quantitative estimate of drug-likeness (QED) is 0.685. The molecule has 0 radical (unpaired) electrons. The summed E-state index contributed by atoms with van der Waals surface area (Å²) in [7, 11) is 0. The number of nitrogens with zero attached hydrogens (tertiary/aromatic N) is 2. The number of carbonyl (C=O) groups is 1. The summed E-state index contributed by atoms with van der Waals surface area (Å²) in [6.07, 6.45) is -4.37. The van der Waals surface area contributed by atoms with Crippen LogP contribution in [0.1, 0.15) is 12.0 Å². The third-order valence-electron chi connectivity index (χ3n) is 3.38. The van der Waals surface area contributed by atoms with Crippen LogP contribution in [0.4, 0.5) is 24.5 Å². The first-order valence-corrected chi connectivity index (χ1v) is 6.03. The Morgan fingerprint density at radius 3 is 2.57 bits per heavy atom. The van der Waals surface area contributed by atoms with Crippen molar-refractivity contribution in [1.82, 2.24) is 0 Å². The first-order valence-electron chi connectivity index (χ1n) is 6.03. The van der Waals surface area contributed by atoms with Gasteiger partial charge in [-0.05, 0) is 18.6 Å². The van der Waals surface area contributed by atoms with Gasteiger partial charge in [0, 0.05) is 19.2 Å². The predicted octanol–water partition coefficient (Wildman–Crippen LogP) is 2.52. The lowest BCUT2D eigenvalue weighted by Gasteiger charge is -2.18. The van der Waals surface area contributed by atoms with E-state index in [-0.39, 0.29) is 18.8 Å². The number of nitro benzene ring substituents is 1. The van der Waals surface area contributed by atoms with Crippen LogP contribution < -0.4 is 4.90 Å². The van der Waals surface area contributed by atoms with E-state index in [1.807, 2.05) is 0 Å². The molecule has 1 unspecified atom stereocenters. The number of aliphatic carboxylic acids is 1. The Hall–Kier alpha value is -2.32. The second-order valence-corrected chi connectivity index (χ2v) is 4.73. The zero-order valence-corrected chi connectivity index (χ0v) is 10.6. The third kappa shape index (κ3) is 3.06. The van der Waals surface area contributed by atoms with E-state index in [1.54, 1.807) is 0 Å². The molecule has 0 spiro atoms. The van der Waals surface area contributed by atoms with Gasteiger partial charge in [0.15, 0.2) is 0 Å². The van der Waals surface area contributed by atoms with Crippen LogP contribution >= 0.6 is 0 Å². The SMILES string of the molecule is O=C(O)C1CCN(c2ccc(C(F)(F)F)cc2[N+](=O)[O-])C1. The highest BCUT2D eigenvalue weighted by atomic mass is 19.4. The maximum atomic E-state index is 12.6. The van der Waals surface area contributed by atoms with Crippen LogP contribution in [0.2, 0.25) is 0 Å². The minimum absolute atomic E-state index is 0.0109. The van der Waals surface area contributed by atoms with Crippen LogP contribution in [0, 0.1) is 16.0 Å². The maximum absolute atomic E-state index is 12.6. The van der Waals surface area contributed by atoms with E-state index in [1.165, 1.54) is 4.90 Å². The summed E-state index contributed by atoms with van der Waals surface area (Å²) in [6.45, 7) is 0.296. The topological polar surface area (TPSA) is 83.7 Å². The highest BCUT2D eigenvalue weighted by Gasteiger charge is 2.36. The highest BCUT2D eigenvalue weighted by molar-refractivity contribution is 5.73. The second kappa shape index (κ2) is 5.23. The molecule has 1 heterocycles. The zero-order chi connectivity index (χ0) is 15.8. The average Bonchev–Trinajstić information content (AvgIpc) is 2.86. The molecule has 0 saturated carbocycles. The lowest BCUT2D eigenvalue weighted by Crippen LogP contribution is -2.23. The van der Waals surface area contributed by atoms with Crippen molar-refractivity contribution in [2.24, 2.45) is 5.92 Å². The fourth-order valence-electron chi connectivity index (χ4n) is 2.29. The minimum atomic E-state index is -4.67. The van der Waals surface area contributed by atoms with E-state index < -0.39 is 34.2 Å². The van der Waals surface area contributed by atoms with E-state index >= 15 is 0 Å². The van der Waals surface area contributed by atoms with Gasteiger partial charge in [0.2, 0.25) is 0 Å². The number of anilines is 1. The normalized spacial score (nSPS) is 18.8. The number of carboxylic acids is 1. The molecule has 1 aromatic carbocycles. The van der Waals surface area contributed by atoms with Gasteiger partial charge in [0.25, 0.3) is 5.69 Å². The van der Waals surface area contributed by atoms with Crippen molar-refractivity contribution in [1.29, 1.82) is 0 Å². The van der Waals surface area contributed by atoms with Crippen molar-refractivity contribution in [3.63, 3.8) is 0 Å². The number of rotatable bonds is 3. The molecule has 1 aliphatic rings. The number of alkyl halides is 3. The summed E-state index contributed by atoms with van der Waals surface area (Å²) in [5.74, 6) is -1.70. The number of nitro groups is 1. The standard InChI is InChI=1S/C12H11F3N2O4/c13-12(14,15)8-1-2-9(10(5-8)17(20)21)16-4-3-7(6-16)11(18)19/h1-2,5,7H,3-4,6H2,(H,18,19). The van der Waals surface area contributed by atoms with Crippen molar-refractivity contribution in [3.8, 4) is 0 Å². The van der Waals surface area contributed by atoms with Crippen molar-refractivity contribution in [2.45, 2.75) is 12.6 Å². The number of hydrogen-bond donors (Lipinski definition) is 1. The maximum Gasteiger partial charge on any atom is 0.416 e. The van der Waals surface area contributed by atoms with Crippen molar-refractivity contribution in [2.75, 3.05) is 18.0 Å². The lowest BCUT2D eigenvalue weighted by atomic mass is 10.1. The van der Waals surface area contributed by atoms with Crippen molar-refractivity contribution >= 4 is 17.3 Å². The molecule has 1 saturated heterocycles. The number of benzene rings is 1. The van der Waals surface area contributed by atoms with Gasteiger partial charge >= 0.3 is 12.1 Å². The molecule has 1 fully saturated rings. The molecular weight excluding hydrogens is 293 g/mol. The van der Waals surface area contributed by atoms with Crippen LogP contribution in [0.3, 0.4) is 0 Å². The van der Waals surface area contributed by atoms with Gasteiger partial charge in [0.05, 0.1) is 16.4 Å². The van der Waals surface area contributed by atoms with E-state index in [2.05, 4.69) is 0 Å². The summed E-state index contributed by atoms with van der Waals surface area (Å²) in [5, 5.41) is 19.9. The van der Waals surface area contributed by atoms with Gasteiger partial charge in [-0.3, -0.25) is 14.9 Å². The Morgan fingerprint density at radius 1 is 1.43 bits per heavy atom. The van der Waals surface area contributed by atoms with Crippen molar-refractivity contribution < 1.29 is 28.0 Å². The van der Waals surface area contributed by atoms with Gasteiger partial charge in [-0.2, -0.15) is 13.2 Å². The van der Waals surface area contributed by atoms with Crippen LogP contribution in [0.25, 0.3) is 0 Å². The summed E-state index contributed by atoms with van der Waals surface area (Å²) < 4.78 is 37.8. The van der Waals surface area contributed by atoms with Gasteiger partial charge in [-0.15, -0.1) is 0 Å². The zero-order valence-electron chi connectivity index (χ0n) is 10.6. The Balaban J connectivity index is 2.36. The Kier molecular flexibility index (Phi) is 3.75. The first kappa shape index (κ1) is 15.1. The fraction of sp³-hybridized carbons (Fsp3) is 0.417. The van der Waals surface area contributed by atoms with Crippen LogP contribution in [-0.4, -0.2) is 29.1 Å². The van der Waals surface area contributed by atoms with E-state index in [0.717, 1.165) is 12.1 Å². The summed E-state index contributed by atoms with van der Waals surface area (Å²) in [6, 6.07) is 2.26. The molecule has 2 rings (SSSR count). The summed E-state index contributed by atoms with van der Waals surface area (Å²) in [5.41, 5.74) is -1.76. The van der Waals surface area contributed by atoms with Gasteiger partial charge < -0.3 is 10.0 Å². The van der Waals surface area contributed by atoms with Gasteiger partial charge in [-0.1, -0.05) is 0 Å². The van der Waals surface area contributed by atoms with Crippen LogP contribution in [0.15, 0.2) is 18.2 Å². The summed E-state index contributed by atoms with van der Waals surface area (Å²) >= 11 is 0. The molecule has 1 atom stereocenters. The predicted molar refractivity (Wildman–Crippen MR) is 66.1 cm³/mol. The van der Waals surface area contributed by atoms with E-state index in [9.17, 15) is 28.1 Å².